The predicted molar refractivity (Wildman–Crippen MR) is 109 cm³/mol. The molecule has 1 aliphatic rings. The summed E-state index contributed by atoms with van der Waals surface area (Å²) in [5.74, 6) is -0.439. The highest BCUT2D eigenvalue weighted by molar-refractivity contribution is 6.26. The Morgan fingerprint density at radius 2 is 1.30 bits per heavy atom. The Balaban J connectivity index is 2.15. The molecule has 4 heteroatoms. The van der Waals surface area contributed by atoms with Gasteiger partial charge in [0.05, 0.1) is 11.4 Å². The molecule has 0 aromatic heterocycles. The van der Waals surface area contributed by atoms with Gasteiger partial charge < -0.3 is 0 Å². The van der Waals surface area contributed by atoms with Crippen LogP contribution in [0.1, 0.15) is 26.2 Å². The van der Waals surface area contributed by atoms with E-state index in [1.165, 1.54) is 10.0 Å². The minimum absolute atomic E-state index is 0.219. The number of carbonyl (C=O) groups is 2. The summed E-state index contributed by atoms with van der Waals surface area (Å²) in [4.78, 5) is 27.2. The van der Waals surface area contributed by atoms with Gasteiger partial charge in [-0.3, -0.25) is 9.59 Å². The Bertz CT molecular complexity index is 786. The molecular formula is C23H24N2O2. The number of allylic oxidation sites excluding steroid dienone is 3. The number of nitrogens with zero attached hydrogens (tertiary/aromatic N) is 2. The number of hydrogen-bond acceptors (Lipinski definition) is 2. The number of carbonyl (C=O) groups excluding carboxylic acids is 2. The van der Waals surface area contributed by atoms with E-state index in [1.807, 2.05) is 79.7 Å². The Kier molecular flexibility index (Phi) is 5.55. The first kappa shape index (κ1) is 18.6. The molecule has 1 fully saturated rings. The number of hydrogen-bond donors (Lipinski definition) is 0. The summed E-state index contributed by atoms with van der Waals surface area (Å²) in [6, 6.07) is 18.6. The first-order valence-electron chi connectivity index (χ1n) is 9.20. The van der Waals surface area contributed by atoms with Crippen molar-refractivity contribution in [2.75, 3.05) is 10.0 Å². The molecule has 1 heterocycles. The van der Waals surface area contributed by atoms with Crippen LogP contribution >= 0.6 is 0 Å². The topological polar surface area (TPSA) is 40.6 Å². The van der Waals surface area contributed by atoms with E-state index < -0.39 is 5.41 Å². The van der Waals surface area contributed by atoms with Crippen LogP contribution in [0.5, 0.6) is 0 Å². The molecule has 0 bridgehead atoms. The van der Waals surface area contributed by atoms with Crippen LogP contribution in [0.15, 0.2) is 85.5 Å². The molecule has 1 saturated heterocycles. The van der Waals surface area contributed by atoms with E-state index in [0.717, 1.165) is 6.42 Å². The van der Waals surface area contributed by atoms with Gasteiger partial charge in [-0.15, -0.1) is 6.58 Å². The third kappa shape index (κ3) is 3.31. The molecule has 138 valence electrons. The highest BCUT2D eigenvalue weighted by Gasteiger charge is 2.57. The van der Waals surface area contributed by atoms with Crippen LogP contribution in [0.2, 0.25) is 0 Å². The molecule has 0 atom stereocenters. The number of amides is 2. The SMILES string of the molecule is C=CCC1(CC=CCC)C(=O)N(c2ccccc2)N(c2ccccc2)C1=O. The largest absolute Gasteiger partial charge is 0.271 e. The van der Waals surface area contributed by atoms with Crippen molar-refractivity contribution in [2.45, 2.75) is 26.2 Å². The summed E-state index contributed by atoms with van der Waals surface area (Å²) in [7, 11) is 0. The van der Waals surface area contributed by atoms with Crippen molar-refractivity contribution in [3.63, 3.8) is 0 Å². The van der Waals surface area contributed by atoms with Crippen LogP contribution in [0.4, 0.5) is 11.4 Å². The number of anilines is 2. The number of benzene rings is 2. The average Bonchev–Trinajstić information content (AvgIpc) is 2.92. The minimum Gasteiger partial charge on any atom is -0.271 e. The van der Waals surface area contributed by atoms with Crippen LogP contribution in [-0.2, 0) is 9.59 Å². The number of rotatable bonds is 7. The summed E-state index contributed by atoms with van der Waals surface area (Å²) in [6.45, 7) is 5.83. The van der Waals surface area contributed by atoms with Gasteiger partial charge in [-0.25, -0.2) is 10.0 Å². The van der Waals surface area contributed by atoms with Gasteiger partial charge in [0.15, 0.2) is 0 Å². The van der Waals surface area contributed by atoms with Crippen molar-refractivity contribution in [1.82, 2.24) is 0 Å². The Hall–Kier alpha value is -3.14. The van der Waals surface area contributed by atoms with Gasteiger partial charge in [-0.2, -0.15) is 0 Å². The van der Waals surface area contributed by atoms with E-state index in [-0.39, 0.29) is 11.8 Å². The van der Waals surface area contributed by atoms with Crippen molar-refractivity contribution in [2.24, 2.45) is 5.41 Å². The summed E-state index contributed by atoms with van der Waals surface area (Å²) in [6.07, 6.45) is 7.09. The van der Waals surface area contributed by atoms with Crippen molar-refractivity contribution < 1.29 is 9.59 Å². The summed E-state index contributed by atoms with van der Waals surface area (Å²) >= 11 is 0. The zero-order valence-corrected chi connectivity index (χ0v) is 15.5. The molecule has 27 heavy (non-hydrogen) atoms. The molecule has 0 aliphatic carbocycles. The van der Waals surface area contributed by atoms with Crippen LogP contribution in [-0.4, -0.2) is 11.8 Å². The molecule has 0 unspecified atom stereocenters. The highest BCUT2D eigenvalue weighted by Crippen LogP contribution is 2.43. The smallest absolute Gasteiger partial charge is 0.262 e. The Labute approximate surface area is 160 Å². The van der Waals surface area contributed by atoms with Crippen molar-refractivity contribution in [3.8, 4) is 0 Å². The first-order valence-corrected chi connectivity index (χ1v) is 9.20. The van der Waals surface area contributed by atoms with Gasteiger partial charge in [0.25, 0.3) is 11.8 Å². The Morgan fingerprint density at radius 3 is 1.70 bits per heavy atom. The lowest BCUT2D eigenvalue weighted by atomic mass is 9.80. The van der Waals surface area contributed by atoms with Gasteiger partial charge in [0.1, 0.15) is 5.41 Å². The molecule has 2 amide bonds. The van der Waals surface area contributed by atoms with E-state index in [4.69, 9.17) is 0 Å². The fraction of sp³-hybridized carbons (Fsp3) is 0.217. The van der Waals surface area contributed by atoms with E-state index >= 15 is 0 Å². The maximum Gasteiger partial charge on any atom is 0.262 e. The second-order valence-corrected chi connectivity index (χ2v) is 6.56. The third-order valence-electron chi connectivity index (χ3n) is 4.77. The molecule has 2 aromatic carbocycles. The number of hydrazine groups is 1. The third-order valence-corrected chi connectivity index (χ3v) is 4.77. The fourth-order valence-electron chi connectivity index (χ4n) is 3.41. The standard InChI is InChI=1S/C23H24N2O2/c1-3-5-12-18-23(17-4-2)21(26)24(19-13-8-6-9-14-19)25(22(23)27)20-15-10-7-11-16-20/h4-16H,2-3,17-18H2,1H3. The van der Waals surface area contributed by atoms with E-state index in [0.29, 0.717) is 24.2 Å². The monoisotopic (exact) mass is 360 g/mol. The zero-order chi connectivity index (χ0) is 19.3. The molecule has 2 aromatic rings. The van der Waals surface area contributed by atoms with Gasteiger partial charge in [0, 0.05) is 0 Å². The number of para-hydroxylation sites is 2. The molecule has 0 saturated carbocycles. The normalized spacial score (nSPS) is 16.3. The van der Waals surface area contributed by atoms with Crippen LogP contribution in [0, 0.1) is 5.41 Å². The Morgan fingerprint density at radius 1 is 0.815 bits per heavy atom. The summed E-state index contributed by atoms with van der Waals surface area (Å²) in [5.41, 5.74) is 0.175. The second kappa shape index (κ2) is 8.04. The van der Waals surface area contributed by atoms with E-state index in [2.05, 4.69) is 6.58 Å². The predicted octanol–water partition coefficient (Wildman–Crippen LogP) is 4.90. The molecule has 3 rings (SSSR count). The van der Waals surface area contributed by atoms with Gasteiger partial charge in [0.2, 0.25) is 0 Å². The molecule has 0 radical (unpaired) electrons. The maximum absolute atomic E-state index is 13.6. The summed E-state index contributed by atoms with van der Waals surface area (Å²) in [5, 5.41) is 3.00. The van der Waals surface area contributed by atoms with Gasteiger partial charge in [-0.05, 0) is 43.5 Å². The highest BCUT2D eigenvalue weighted by atomic mass is 16.2. The average molecular weight is 360 g/mol. The second-order valence-electron chi connectivity index (χ2n) is 6.56. The van der Waals surface area contributed by atoms with Crippen LogP contribution in [0.25, 0.3) is 0 Å². The lowest BCUT2D eigenvalue weighted by Gasteiger charge is -2.27. The summed E-state index contributed by atoms with van der Waals surface area (Å²) < 4.78 is 0. The van der Waals surface area contributed by atoms with Crippen LogP contribution in [0.3, 0.4) is 0 Å². The fourth-order valence-corrected chi connectivity index (χ4v) is 3.41. The minimum atomic E-state index is -1.17. The van der Waals surface area contributed by atoms with E-state index in [1.54, 1.807) is 6.08 Å². The molecule has 4 nitrogen and oxygen atoms in total. The lowest BCUT2D eigenvalue weighted by molar-refractivity contribution is -0.134. The lowest BCUT2D eigenvalue weighted by Crippen LogP contribution is -2.41. The van der Waals surface area contributed by atoms with Crippen LogP contribution < -0.4 is 10.0 Å². The molecular weight excluding hydrogens is 336 g/mol. The maximum atomic E-state index is 13.6. The quantitative estimate of drug-likeness (QED) is 0.520. The van der Waals surface area contributed by atoms with Gasteiger partial charge >= 0.3 is 0 Å². The van der Waals surface area contributed by atoms with E-state index in [9.17, 15) is 9.59 Å². The van der Waals surface area contributed by atoms with Crippen molar-refractivity contribution in [1.29, 1.82) is 0 Å². The zero-order valence-electron chi connectivity index (χ0n) is 15.5. The molecule has 0 N–H and O–H groups in total. The first-order chi connectivity index (χ1) is 13.2. The molecule has 1 aliphatic heterocycles. The van der Waals surface area contributed by atoms with Crippen molar-refractivity contribution >= 4 is 23.2 Å². The van der Waals surface area contributed by atoms with Gasteiger partial charge in [-0.1, -0.05) is 61.5 Å². The van der Waals surface area contributed by atoms with Crippen molar-refractivity contribution in [3.05, 3.63) is 85.5 Å². The molecule has 0 spiro atoms.